The number of ketones is 1. The topological polar surface area (TPSA) is 46.2 Å². The molecule has 3 nitrogen and oxygen atoms in total. The largest absolute Gasteiger partial charge is 0.318 e. The summed E-state index contributed by atoms with van der Waals surface area (Å²) in [5.74, 6) is -1.71. The molecule has 0 saturated carbocycles. The molecule has 2 rings (SSSR count). The highest BCUT2D eigenvalue weighted by Gasteiger charge is 2.29. The standard InChI is InChI=1S/C9H6FNO2/c1-4-6(10)3-2-5-7(4)11-9(13)8(5)12/h2-3H,1H3,(H,11,12,13). The molecule has 0 atom stereocenters. The van der Waals surface area contributed by atoms with Crippen molar-refractivity contribution in [2.45, 2.75) is 6.92 Å². The van der Waals surface area contributed by atoms with E-state index in [0.29, 0.717) is 11.3 Å². The Bertz CT molecular complexity index is 426. The normalized spacial score (nSPS) is 14.3. The van der Waals surface area contributed by atoms with E-state index in [1.807, 2.05) is 0 Å². The summed E-state index contributed by atoms with van der Waals surface area (Å²) < 4.78 is 13.0. The SMILES string of the molecule is Cc1c(F)ccc2c1NC(=O)C2=O. The molecule has 1 aromatic carbocycles. The quantitative estimate of drug-likeness (QED) is 0.609. The molecular weight excluding hydrogens is 173 g/mol. The lowest BCUT2D eigenvalue weighted by molar-refractivity contribution is -0.112. The molecule has 0 saturated heterocycles. The molecule has 13 heavy (non-hydrogen) atoms. The second-order valence-corrected chi connectivity index (χ2v) is 2.88. The summed E-state index contributed by atoms with van der Waals surface area (Å²) in [6.07, 6.45) is 0. The first-order valence-corrected chi connectivity index (χ1v) is 3.76. The predicted octanol–water partition coefficient (Wildman–Crippen LogP) is 1.27. The maximum Gasteiger partial charge on any atom is 0.296 e. The average molecular weight is 179 g/mol. The summed E-state index contributed by atoms with van der Waals surface area (Å²) in [7, 11) is 0. The fourth-order valence-electron chi connectivity index (χ4n) is 1.33. The van der Waals surface area contributed by atoms with E-state index in [1.54, 1.807) is 0 Å². The number of hydrogen-bond donors (Lipinski definition) is 1. The summed E-state index contributed by atoms with van der Waals surface area (Å²) in [6, 6.07) is 2.50. The number of Topliss-reactive ketones (excluding diaryl/α,β-unsaturated/α-hetero) is 1. The van der Waals surface area contributed by atoms with E-state index in [4.69, 9.17) is 0 Å². The highest BCUT2D eigenvalue weighted by Crippen LogP contribution is 2.28. The Kier molecular flexibility index (Phi) is 1.45. The fourth-order valence-corrected chi connectivity index (χ4v) is 1.33. The summed E-state index contributed by atoms with van der Waals surface area (Å²) >= 11 is 0. The molecule has 0 aliphatic carbocycles. The third-order valence-electron chi connectivity index (χ3n) is 2.09. The predicted molar refractivity (Wildman–Crippen MR) is 44.1 cm³/mol. The van der Waals surface area contributed by atoms with Crippen LogP contribution in [-0.4, -0.2) is 11.7 Å². The first-order valence-electron chi connectivity index (χ1n) is 3.76. The van der Waals surface area contributed by atoms with Crippen LogP contribution in [0.5, 0.6) is 0 Å². The number of rotatable bonds is 0. The Morgan fingerprint density at radius 3 is 2.69 bits per heavy atom. The molecule has 0 aromatic heterocycles. The first kappa shape index (κ1) is 7.91. The van der Waals surface area contributed by atoms with Crippen LogP contribution < -0.4 is 5.32 Å². The number of fused-ring (bicyclic) bond motifs is 1. The molecular formula is C9H6FNO2. The Labute approximate surface area is 73.6 Å². The van der Waals surface area contributed by atoms with Gasteiger partial charge in [-0.25, -0.2) is 4.39 Å². The van der Waals surface area contributed by atoms with Crippen molar-refractivity contribution in [2.75, 3.05) is 5.32 Å². The fraction of sp³-hybridized carbons (Fsp3) is 0.111. The van der Waals surface area contributed by atoms with Gasteiger partial charge in [0, 0.05) is 5.56 Å². The summed E-state index contributed by atoms with van der Waals surface area (Å²) in [5.41, 5.74) is 0.857. The van der Waals surface area contributed by atoms with E-state index in [-0.39, 0.29) is 5.56 Å². The first-order chi connectivity index (χ1) is 6.11. The zero-order valence-electron chi connectivity index (χ0n) is 6.85. The van der Waals surface area contributed by atoms with Crippen molar-refractivity contribution < 1.29 is 14.0 Å². The van der Waals surface area contributed by atoms with Crippen LogP contribution >= 0.6 is 0 Å². The van der Waals surface area contributed by atoms with E-state index in [2.05, 4.69) is 5.32 Å². The van der Waals surface area contributed by atoms with Crippen molar-refractivity contribution in [1.29, 1.82) is 0 Å². The highest BCUT2D eigenvalue weighted by atomic mass is 19.1. The Hall–Kier alpha value is -1.71. The van der Waals surface area contributed by atoms with Crippen molar-refractivity contribution in [2.24, 2.45) is 0 Å². The van der Waals surface area contributed by atoms with Crippen molar-refractivity contribution >= 4 is 17.4 Å². The summed E-state index contributed by atoms with van der Waals surface area (Å²) in [6.45, 7) is 1.52. The van der Waals surface area contributed by atoms with Gasteiger partial charge in [0.05, 0.1) is 11.3 Å². The number of amides is 1. The molecule has 66 valence electrons. The zero-order valence-corrected chi connectivity index (χ0v) is 6.85. The van der Waals surface area contributed by atoms with Crippen LogP contribution in [0.3, 0.4) is 0 Å². The van der Waals surface area contributed by atoms with Gasteiger partial charge < -0.3 is 5.32 Å². The van der Waals surface area contributed by atoms with Gasteiger partial charge in [0.2, 0.25) is 0 Å². The smallest absolute Gasteiger partial charge is 0.296 e. The number of carbonyl (C=O) groups is 2. The molecule has 1 aliphatic rings. The minimum Gasteiger partial charge on any atom is -0.318 e. The van der Waals surface area contributed by atoms with E-state index in [0.717, 1.165) is 0 Å². The Balaban J connectivity index is 2.70. The summed E-state index contributed by atoms with van der Waals surface area (Å²) in [5, 5.41) is 2.33. The summed E-state index contributed by atoms with van der Waals surface area (Å²) in [4.78, 5) is 22.0. The molecule has 1 amide bonds. The molecule has 0 spiro atoms. The molecule has 1 aromatic rings. The van der Waals surface area contributed by atoms with E-state index in [1.165, 1.54) is 19.1 Å². The van der Waals surface area contributed by atoms with Crippen LogP contribution in [0.1, 0.15) is 15.9 Å². The van der Waals surface area contributed by atoms with Gasteiger partial charge >= 0.3 is 0 Å². The number of halogens is 1. The lowest BCUT2D eigenvalue weighted by Gasteiger charge is -2.02. The molecule has 0 unspecified atom stereocenters. The van der Waals surface area contributed by atoms with Crippen LogP contribution in [0.15, 0.2) is 12.1 Å². The van der Waals surface area contributed by atoms with Gasteiger partial charge in [-0.1, -0.05) is 0 Å². The van der Waals surface area contributed by atoms with Gasteiger partial charge in [-0.3, -0.25) is 9.59 Å². The number of anilines is 1. The number of hydrogen-bond acceptors (Lipinski definition) is 2. The van der Waals surface area contributed by atoms with Gasteiger partial charge in [-0.15, -0.1) is 0 Å². The maximum atomic E-state index is 13.0. The minimum absolute atomic E-state index is 0.254. The molecule has 1 N–H and O–H groups in total. The molecule has 1 heterocycles. The Morgan fingerprint density at radius 1 is 1.31 bits per heavy atom. The van der Waals surface area contributed by atoms with Crippen molar-refractivity contribution in [3.8, 4) is 0 Å². The second kappa shape index (κ2) is 2.39. The lowest BCUT2D eigenvalue weighted by Crippen LogP contribution is -2.12. The van der Waals surface area contributed by atoms with Crippen LogP contribution in [0, 0.1) is 12.7 Å². The van der Waals surface area contributed by atoms with Gasteiger partial charge in [-0.05, 0) is 19.1 Å². The third-order valence-corrected chi connectivity index (χ3v) is 2.09. The van der Waals surface area contributed by atoms with Crippen molar-refractivity contribution in [3.05, 3.63) is 29.1 Å². The number of benzene rings is 1. The molecule has 1 aliphatic heterocycles. The highest BCUT2D eigenvalue weighted by molar-refractivity contribution is 6.51. The molecule has 4 heteroatoms. The Morgan fingerprint density at radius 2 is 2.00 bits per heavy atom. The van der Waals surface area contributed by atoms with Gasteiger partial charge in [0.25, 0.3) is 11.7 Å². The van der Waals surface area contributed by atoms with Gasteiger partial charge in [-0.2, -0.15) is 0 Å². The van der Waals surface area contributed by atoms with Gasteiger partial charge in [0.1, 0.15) is 5.82 Å². The van der Waals surface area contributed by atoms with Crippen LogP contribution in [-0.2, 0) is 4.79 Å². The molecule has 0 fully saturated rings. The van der Waals surface area contributed by atoms with Crippen molar-refractivity contribution in [3.63, 3.8) is 0 Å². The second-order valence-electron chi connectivity index (χ2n) is 2.88. The maximum absolute atomic E-state index is 13.0. The van der Waals surface area contributed by atoms with E-state index < -0.39 is 17.5 Å². The van der Waals surface area contributed by atoms with Crippen LogP contribution in [0.4, 0.5) is 10.1 Å². The number of carbonyl (C=O) groups excluding carboxylic acids is 2. The third kappa shape index (κ3) is 0.950. The molecule has 0 bridgehead atoms. The van der Waals surface area contributed by atoms with Gasteiger partial charge in [0.15, 0.2) is 0 Å². The van der Waals surface area contributed by atoms with Crippen molar-refractivity contribution in [1.82, 2.24) is 0 Å². The lowest BCUT2D eigenvalue weighted by atomic mass is 10.1. The minimum atomic E-state index is -0.691. The van der Waals surface area contributed by atoms with Crippen LogP contribution in [0.2, 0.25) is 0 Å². The molecule has 0 radical (unpaired) electrons. The zero-order chi connectivity index (χ0) is 9.59. The van der Waals surface area contributed by atoms with E-state index in [9.17, 15) is 14.0 Å². The number of nitrogens with one attached hydrogen (secondary N) is 1. The average Bonchev–Trinajstić information content (AvgIpc) is 2.38. The van der Waals surface area contributed by atoms with E-state index >= 15 is 0 Å². The van der Waals surface area contributed by atoms with Crippen LogP contribution in [0.25, 0.3) is 0 Å². The monoisotopic (exact) mass is 179 g/mol.